The van der Waals surface area contributed by atoms with E-state index < -0.39 is 0 Å². The molecule has 0 saturated carbocycles. The Bertz CT molecular complexity index is 4120. The molecule has 14 rings (SSSR count). The number of para-hydroxylation sites is 1. The first kappa shape index (κ1) is 37.7. The molecule has 1 aliphatic carbocycles. The summed E-state index contributed by atoms with van der Waals surface area (Å²) in [5.74, 6) is 1.91. The van der Waals surface area contributed by atoms with Crippen LogP contribution in [0.2, 0.25) is 0 Å². The van der Waals surface area contributed by atoms with Crippen LogP contribution >= 0.6 is 0 Å². The summed E-state index contributed by atoms with van der Waals surface area (Å²) < 4.78 is 8.88. The number of rotatable bonds is 5. The van der Waals surface area contributed by atoms with Gasteiger partial charge in [0.15, 0.2) is 17.5 Å². The molecule has 3 aromatic heterocycles. The average molecular weight is 857 g/mol. The number of aromatic nitrogens is 4. The van der Waals surface area contributed by atoms with Crippen LogP contribution in [0.5, 0.6) is 0 Å². The maximum absolute atomic E-state index is 6.39. The third-order valence-electron chi connectivity index (χ3n) is 14.2. The highest BCUT2D eigenvalue weighted by Gasteiger charge is 2.38. The Balaban J connectivity index is 1.04. The van der Waals surface area contributed by atoms with Gasteiger partial charge in [0.2, 0.25) is 0 Å². The van der Waals surface area contributed by atoms with E-state index in [4.69, 9.17) is 19.4 Å². The van der Waals surface area contributed by atoms with Gasteiger partial charge in [-0.15, -0.1) is 0 Å². The van der Waals surface area contributed by atoms with E-state index in [1.165, 1.54) is 49.3 Å². The van der Waals surface area contributed by atoms with Gasteiger partial charge in [-0.2, -0.15) is 0 Å². The fourth-order valence-electron chi connectivity index (χ4n) is 11.2. The van der Waals surface area contributed by atoms with E-state index in [-0.39, 0.29) is 5.41 Å². The van der Waals surface area contributed by atoms with E-state index in [9.17, 15) is 0 Å². The summed E-state index contributed by atoms with van der Waals surface area (Å²) in [5, 5.41) is 9.41. The summed E-state index contributed by atoms with van der Waals surface area (Å²) in [7, 11) is 0. The molecule has 1 aliphatic rings. The van der Waals surface area contributed by atoms with Gasteiger partial charge < -0.3 is 8.98 Å². The first-order chi connectivity index (χ1) is 33.0. The van der Waals surface area contributed by atoms with Crippen molar-refractivity contribution in [3.8, 4) is 62.1 Å². The van der Waals surface area contributed by atoms with Crippen molar-refractivity contribution < 1.29 is 4.42 Å². The first-order valence-electron chi connectivity index (χ1n) is 22.9. The molecule has 0 atom stereocenters. The van der Waals surface area contributed by atoms with Crippen molar-refractivity contribution >= 4 is 65.3 Å². The Morgan fingerprint density at radius 1 is 0.388 bits per heavy atom. The molecule has 0 spiro atoms. The minimum atomic E-state index is -0.234. The first-order valence-corrected chi connectivity index (χ1v) is 22.9. The Hall–Kier alpha value is -8.67. The Labute approximate surface area is 386 Å². The summed E-state index contributed by atoms with van der Waals surface area (Å²) >= 11 is 0. The SMILES string of the molecule is CC1(C)c2cc3c(cc2-c2ccc4ccccc4c21)c1cc(-c2cccc4oc5ccccc5c24)ccc1n3-c1ccc(-c2nc(-c3ccccc3)nc(-c3ccccc3)n2)c2ccccc12. The van der Waals surface area contributed by atoms with E-state index in [2.05, 4.69) is 182 Å². The quantitative estimate of drug-likeness (QED) is 0.173. The highest BCUT2D eigenvalue weighted by Crippen LogP contribution is 2.54. The summed E-state index contributed by atoms with van der Waals surface area (Å²) in [6.45, 7) is 4.78. The van der Waals surface area contributed by atoms with Crippen LogP contribution in [0, 0.1) is 0 Å². The fourth-order valence-corrected chi connectivity index (χ4v) is 11.2. The van der Waals surface area contributed by atoms with Gasteiger partial charge in [-0.1, -0.05) is 172 Å². The molecule has 0 aliphatic heterocycles. The molecule has 0 saturated heterocycles. The van der Waals surface area contributed by atoms with Gasteiger partial charge in [0.1, 0.15) is 11.2 Å². The van der Waals surface area contributed by atoms with Crippen LogP contribution in [0.3, 0.4) is 0 Å². The maximum atomic E-state index is 6.39. The van der Waals surface area contributed by atoms with Crippen LogP contribution in [0.1, 0.15) is 25.0 Å². The van der Waals surface area contributed by atoms with Gasteiger partial charge in [0, 0.05) is 49.0 Å². The second kappa shape index (κ2) is 14.2. The lowest BCUT2D eigenvalue weighted by atomic mass is 9.80. The van der Waals surface area contributed by atoms with Gasteiger partial charge in [-0.05, 0) is 98.1 Å². The lowest BCUT2D eigenvalue weighted by Crippen LogP contribution is -2.15. The molecular formula is C62H40N4O. The van der Waals surface area contributed by atoms with E-state index in [1.54, 1.807) is 0 Å². The zero-order valence-corrected chi connectivity index (χ0v) is 36.8. The molecule has 10 aromatic carbocycles. The minimum Gasteiger partial charge on any atom is -0.456 e. The molecule has 0 amide bonds. The summed E-state index contributed by atoms with van der Waals surface area (Å²) in [6.07, 6.45) is 0. The molecule has 0 bridgehead atoms. The van der Waals surface area contributed by atoms with E-state index >= 15 is 0 Å². The number of nitrogens with zero attached hydrogens (tertiary/aromatic N) is 4. The topological polar surface area (TPSA) is 56.7 Å². The van der Waals surface area contributed by atoms with Crippen molar-refractivity contribution in [1.82, 2.24) is 19.5 Å². The molecular weight excluding hydrogens is 817 g/mol. The number of furan rings is 1. The van der Waals surface area contributed by atoms with Crippen molar-refractivity contribution in [2.45, 2.75) is 19.3 Å². The van der Waals surface area contributed by atoms with Crippen molar-refractivity contribution in [2.75, 3.05) is 0 Å². The molecule has 0 unspecified atom stereocenters. The van der Waals surface area contributed by atoms with E-state index in [0.29, 0.717) is 17.5 Å². The summed E-state index contributed by atoms with van der Waals surface area (Å²) in [6, 6.07) is 73.7. The highest BCUT2D eigenvalue weighted by molar-refractivity contribution is 6.17. The third kappa shape index (κ3) is 5.58. The second-order valence-electron chi connectivity index (χ2n) is 18.3. The Kier molecular flexibility index (Phi) is 7.97. The van der Waals surface area contributed by atoms with Crippen LogP contribution in [0.15, 0.2) is 211 Å². The van der Waals surface area contributed by atoms with Gasteiger partial charge in [0.25, 0.3) is 0 Å². The number of hydrogen-bond donors (Lipinski definition) is 0. The van der Waals surface area contributed by atoms with Crippen molar-refractivity contribution in [1.29, 1.82) is 0 Å². The molecule has 5 nitrogen and oxygen atoms in total. The Morgan fingerprint density at radius 3 is 1.79 bits per heavy atom. The van der Waals surface area contributed by atoms with Crippen LogP contribution in [0.4, 0.5) is 0 Å². The predicted molar refractivity (Wildman–Crippen MR) is 276 cm³/mol. The molecule has 0 N–H and O–H groups in total. The van der Waals surface area contributed by atoms with E-state index in [1.807, 2.05) is 42.5 Å². The predicted octanol–water partition coefficient (Wildman–Crippen LogP) is 16.1. The summed E-state index contributed by atoms with van der Waals surface area (Å²) in [5.41, 5.74) is 15.4. The molecule has 5 heteroatoms. The smallest absolute Gasteiger partial charge is 0.164 e. The third-order valence-corrected chi connectivity index (χ3v) is 14.2. The standard InChI is InChI=1S/C62H40N4O/c1-62(2)51-36-54-50(35-48(51)45-30-28-37-16-9-10-21-42(37)58(45)62)49-34-40(41-25-15-27-56-57(41)47-24-13-14-26-55(47)67-56)29-32-53(49)66(54)52-33-31-46(43-22-11-12-23-44(43)52)61-64-59(38-17-5-3-6-18-38)63-60(65-61)39-19-7-4-8-20-39/h3-36H,1-2H3. The number of benzene rings is 10. The Morgan fingerprint density at radius 2 is 1.01 bits per heavy atom. The fraction of sp³-hybridized carbons (Fsp3) is 0.0484. The van der Waals surface area contributed by atoms with Gasteiger partial charge in [-0.3, -0.25) is 0 Å². The van der Waals surface area contributed by atoms with Crippen LogP contribution in [-0.4, -0.2) is 19.5 Å². The number of fused-ring (bicyclic) bond motifs is 12. The lowest BCUT2D eigenvalue weighted by Gasteiger charge is -2.23. The van der Waals surface area contributed by atoms with Crippen molar-refractivity contribution in [3.63, 3.8) is 0 Å². The maximum Gasteiger partial charge on any atom is 0.164 e. The minimum absolute atomic E-state index is 0.234. The molecule has 314 valence electrons. The second-order valence-corrected chi connectivity index (χ2v) is 18.3. The monoisotopic (exact) mass is 856 g/mol. The van der Waals surface area contributed by atoms with Crippen LogP contribution in [0.25, 0.3) is 127 Å². The summed E-state index contributed by atoms with van der Waals surface area (Å²) in [4.78, 5) is 15.4. The van der Waals surface area contributed by atoms with Crippen molar-refractivity contribution in [2.24, 2.45) is 0 Å². The van der Waals surface area contributed by atoms with E-state index in [0.717, 1.165) is 71.7 Å². The molecule has 67 heavy (non-hydrogen) atoms. The highest BCUT2D eigenvalue weighted by atomic mass is 16.3. The zero-order chi connectivity index (χ0) is 44.4. The average Bonchev–Trinajstić information content (AvgIpc) is 4.00. The molecule has 13 aromatic rings. The normalized spacial score (nSPS) is 13.0. The van der Waals surface area contributed by atoms with Crippen molar-refractivity contribution in [3.05, 3.63) is 217 Å². The van der Waals surface area contributed by atoms with Gasteiger partial charge in [0.05, 0.1) is 16.7 Å². The van der Waals surface area contributed by atoms with Crippen LogP contribution in [-0.2, 0) is 5.41 Å². The van der Waals surface area contributed by atoms with Crippen LogP contribution < -0.4 is 0 Å². The van der Waals surface area contributed by atoms with Gasteiger partial charge in [-0.25, -0.2) is 15.0 Å². The zero-order valence-electron chi connectivity index (χ0n) is 36.8. The molecule has 0 fully saturated rings. The largest absolute Gasteiger partial charge is 0.456 e. The molecule has 0 radical (unpaired) electrons. The number of hydrogen-bond acceptors (Lipinski definition) is 4. The van der Waals surface area contributed by atoms with Gasteiger partial charge >= 0.3 is 0 Å². The lowest BCUT2D eigenvalue weighted by molar-refractivity contribution is 0.667. The molecule has 3 heterocycles.